The molecule has 0 spiro atoms. The topological polar surface area (TPSA) is 112 Å². The second kappa shape index (κ2) is 21.7. The van der Waals surface area contributed by atoms with E-state index in [1.54, 1.807) is 0 Å². The third-order valence-electron chi connectivity index (χ3n) is 4.14. The van der Waals surface area contributed by atoms with Crippen molar-refractivity contribution in [2.24, 2.45) is 0 Å². The van der Waals surface area contributed by atoms with Gasteiger partial charge in [-0.1, -0.05) is 0 Å². The standard InChI is InChI=1S/C19H21NO.5CO.Cr/c1-19(2)20(14-13-16-9-5-3-6-10-16)18(15-21-19)17-11-7-4-8-12-17;5*1-2;/h3-12,18H,13,15H2,1-2H3;;;;;;/t18-;;;;;;/m1....../s1. The van der Waals surface area contributed by atoms with Crippen molar-refractivity contribution >= 4 is 4.50 Å². The summed E-state index contributed by atoms with van der Waals surface area (Å²) in [5, 5.41) is 0. The van der Waals surface area contributed by atoms with Crippen LogP contribution in [0.4, 0.5) is 0 Å². The van der Waals surface area contributed by atoms with Gasteiger partial charge < -0.3 is 0 Å². The third kappa shape index (κ3) is 11.2. The van der Waals surface area contributed by atoms with Crippen molar-refractivity contribution < 1.29 is 43.8 Å². The Bertz CT molecular complexity index is 822. The van der Waals surface area contributed by atoms with E-state index in [9.17, 15) is 0 Å². The number of nitrogens with zero attached hydrogens (tertiary/aromatic N) is 1. The summed E-state index contributed by atoms with van der Waals surface area (Å²) < 4.78 is 44.8. The van der Waals surface area contributed by atoms with Gasteiger partial charge in [0.2, 0.25) is 0 Å². The summed E-state index contributed by atoms with van der Waals surface area (Å²) in [6.07, 6.45) is 0.900. The van der Waals surface area contributed by atoms with Crippen molar-refractivity contribution in [1.82, 2.24) is 4.90 Å². The van der Waals surface area contributed by atoms with Crippen LogP contribution in [0.2, 0.25) is 0 Å². The quantitative estimate of drug-likeness (QED) is 0.502. The summed E-state index contributed by atoms with van der Waals surface area (Å²) in [7, 11) is 0. The van der Waals surface area contributed by atoms with Crippen LogP contribution in [0.3, 0.4) is 0 Å². The van der Waals surface area contributed by atoms with Gasteiger partial charge in [0.15, 0.2) is 0 Å². The number of hydrogen-bond donors (Lipinski definition) is 0. The van der Waals surface area contributed by atoms with Crippen molar-refractivity contribution in [3.8, 4) is 0 Å². The van der Waals surface area contributed by atoms with Crippen LogP contribution in [0, 0.1) is 33.3 Å². The van der Waals surface area contributed by atoms with Gasteiger partial charge in [0, 0.05) is 0 Å². The summed E-state index contributed by atoms with van der Waals surface area (Å²) in [4.78, 5) is 2.38. The van der Waals surface area contributed by atoms with Gasteiger partial charge in [0.05, 0.1) is 0 Å². The molecule has 1 fully saturated rings. The Balaban J connectivity index is -0.000000744. The SMILES string of the molecule is CC1(C)OC[C@H](c2ccccc2)N1[C](=[Cr])Cc1ccccc1.[C-]#[O+].[C-]#[O+].[C-]#[O+].[C-]#[O+].[C-]#[O+]. The first-order valence-corrected chi connectivity index (χ1v) is 9.29. The van der Waals surface area contributed by atoms with Crippen molar-refractivity contribution in [2.45, 2.75) is 32.0 Å². The van der Waals surface area contributed by atoms with E-state index in [1.165, 1.54) is 15.6 Å². The van der Waals surface area contributed by atoms with Crippen LogP contribution in [-0.2, 0) is 50.3 Å². The Hall–Kier alpha value is -2.54. The minimum absolute atomic E-state index is 0.260. The van der Waals surface area contributed by atoms with Crippen LogP contribution >= 0.6 is 0 Å². The van der Waals surface area contributed by atoms with E-state index in [4.69, 9.17) is 28.0 Å². The molecule has 0 bridgehead atoms. The first-order chi connectivity index (χ1) is 15.6. The van der Waals surface area contributed by atoms with Gasteiger partial charge in [0.1, 0.15) is 0 Å². The van der Waals surface area contributed by atoms with Crippen molar-refractivity contribution in [3.63, 3.8) is 0 Å². The number of ether oxygens (including phenoxy) is 1. The van der Waals surface area contributed by atoms with Crippen LogP contribution in [0.1, 0.15) is 31.0 Å². The van der Waals surface area contributed by atoms with Gasteiger partial charge in [-0.05, 0) is 0 Å². The molecule has 2 aromatic rings. The Morgan fingerprint density at radius 1 is 0.844 bits per heavy atom. The summed E-state index contributed by atoms with van der Waals surface area (Å²) in [6, 6.07) is 21.4. The minimum atomic E-state index is -0.296. The monoisotopic (exact) mass is 471 g/mol. The molecule has 1 atom stereocenters. The van der Waals surface area contributed by atoms with E-state index in [-0.39, 0.29) is 11.8 Å². The molecule has 0 radical (unpaired) electrons. The van der Waals surface area contributed by atoms with E-state index in [0.29, 0.717) is 0 Å². The summed E-state index contributed by atoms with van der Waals surface area (Å²) >= 11 is 3.29. The molecule has 2 aromatic carbocycles. The number of rotatable bonds is 4. The third-order valence-corrected chi connectivity index (χ3v) is 4.67. The van der Waals surface area contributed by atoms with Gasteiger partial charge in [-0.2, -0.15) is 0 Å². The molecule has 3 rings (SSSR count). The molecular formula is C24H21CrNO6. The molecular weight excluding hydrogens is 450 g/mol. The van der Waals surface area contributed by atoms with Gasteiger partial charge in [-0.3, -0.25) is 0 Å². The predicted octanol–water partition coefficient (Wildman–Crippen LogP) is 3.53. The van der Waals surface area contributed by atoms with E-state index < -0.39 is 0 Å². The Kier molecular flexibility index (Phi) is 23.1. The second-order valence-corrected chi connectivity index (χ2v) is 6.85. The average molecular weight is 471 g/mol. The Labute approximate surface area is 196 Å². The zero-order valence-corrected chi connectivity index (χ0v) is 18.8. The first-order valence-electron chi connectivity index (χ1n) is 8.65. The molecule has 0 aliphatic carbocycles. The molecule has 1 aliphatic rings. The molecule has 7 nitrogen and oxygen atoms in total. The molecule has 1 heterocycles. The number of hydrogen-bond acceptors (Lipinski definition) is 2. The summed E-state index contributed by atoms with van der Waals surface area (Å²) in [5.41, 5.74) is 2.32. The average Bonchev–Trinajstić information content (AvgIpc) is 3.21. The van der Waals surface area contributed by atoms with E-state index in [1.807, 2.05) is 0 Å². The molecule has 1 saturated heterocycles. The van der Waals surface area contributed by atoms with Crippen LogP contribution < -0.4 is 0 Å². The summed E-state index contributed by atoms with van der Waals surface area (Å²) in [6.45, 7) is 27.5. The van der Waals surface area contributed by atoms with Crippen LogP contribution in [0.25, 0.3) is 0 Å². The van der Waals surface area contributed by atoms with Crippen LogP contribution in [0.5, 0.6) is 0 Å². The Morgan fingerprint density at radius 3 is 1.69 bits per heavy atom. The van der Waals surface area contributed by atoms with Gasteiger partial charge in [-0.15, -0.1) is 0 Å². The first kappa shape index (κ1) is 34.1. The molecule has 32 heavy (non-hydrogen) atoms. The molecule has 0 unspecified atom stereocenters. The maximum absolute atomic E-state index is 7.50. The van der Waals surface area contributed by atoms with Crippen LogP contribution in [-0.4, -0.2) is 21.7 Å². The van der Waals surface area contributed by atoms with Gasteiger partial charge >= 0.3 is 197 Å². The van der Waals surface area contributed by atoms with Gasteiger partial charge in [-0.25, -0.2) is 0 Å². The summed E-state index contributed by atoms with van der Waals surface area (Å²) in [5.74, 6) is 0. The molecule has 0 aromatic heterocycles. The van der Waals surface area contributed by atoms with Crippen molar-refractivity contribution in [1.29, 1.82) is 0 Å². The fraction of sp³-hybridized carbons (Fsp3) is 0.250. The maximum atomic E-state index is 7.50. The molecule has 8 heteroatoms. The predicted molar refractivity (Wildman–Crippen MR) is 106 cm³/mol. The van der Waals surface area contributed by atoms with Crippen molar-refractivity contribution in [3.05, 3.63) is 105 Å². The van der Waals surface area contributed by atoms with E-state index >= 15 is 0 Å². The molecule has 164 valence electrons. The van der Waals surface area contributed by atoms with E-state index in [2.05, 4.69) is 129 Å². The van der Waals surface area contributed by atoms with Gasteiger partial charge in [0.25, 0.3) is 0 Å². The van der Waals surface area contributed by atoms with Crippen LogP contribution in [0.15, 0.2) is 60.7 Å². The fourth-order valence-electron chi connectivity index (χ4n) is 3.05. The van der Waals surface area contributed by atoms with Crippen molar-refractivity contribution in [2.75, 3.05) is 6.61 Å². The Morgan fingerprint density at radius 2 is 1.25 bits per heavy atom. The number of benzene rings is 2. The van der Waals surface area contributed by atoms with E-state index in [0.717, 1.165) is 13.0 Å². The molecule has 0 N–H and O–H groups in total. The second-order valence-electron chi connectivity index (χ2n) is 6.11. The fourth-order valence-corrected chi connectivity index (χ4v) is 3.85. The zero-order chi connectivity index (χ0) is 25.6. The normalized spacial score (nSPS) is 14.7. The zero-order valence-electron chi connectivity index (χ0n) is 17.6. The molecule has 0 amide bonds. The molecule has 0 saturated carbocycles. The molecule has 1 aliphatic heterocycles.